The Labute approximate surface area is 179 Å². The summed E-state index contributed by atoms with van der Waals surface area (Å²) in [7, 11) is 0. The highest BCUT2D eigenvalue weighted by Gasteiger charge is 2.21. The second-order valence-corrected chi connectivity index (χ2v) is 8.14. The maximum Gasteiger partial charge on any atom is 0.230 e. The normalized spacial score (nSPS) is 16.0. The van der Waals surface area contributed by atoms with Crippen LogP contribution in [0.3, 0.4) is 0 Å². The maximum absolute atomic E-state index is 13.7. The lowest BCUT2D eigenvalue weighted by atomic mass is 10.1. The van der Waals surface area contributed by atoms with Crippen molar-refractivity contribution in [1.82, 2.24) is 14.9 Å². The minimum Gasteiger partial charge on any atom is -0.376 e. The van der Waals surface area contributed by atoms with Gasteiger partial charge in [0.1, 0.15) is 5.82 Å². The minimum atomic E-state index is -0.315. The van der Waals surface area contributed by atoms with E-state index in [2.05, 4.69) is 27.0 Å². The lowest BCUT2D eigenvalue weighted by Gasteiger charge is -2.16. The van der Waals surface area contributed by atoms with E-state index in [4.69, 9.17) is 4.74 Å². The summed E-state index contributed by atoms with van der Waals surface area (Å²) in [6, 6.07) is 16.5. The molecule has 0 bridgehead atoms. The van der Waals surface area contributed by atoms with Gasteiger partial charge in [0.2, 0.25) is 5.91 Å². The number of benzene rings is 2. The molecule has 1 aliphatic rings. The first-order valence-corrected chi connectivity index (χ1v) is 11.0. The van der Waals surface area contributed by atoms with Crippen LogP contribution < -0.4 is 5.32 Å². The number of ether oxygens (including phenoxy) is 1. The van der Waals surface area contributed by atoms with Crippen molar-refractivity contribution >= 4 is 17.7 Å². The molecule has 1 aromatic heterocycles. The Morgan fingerprint density at radius 3 is 2.77 bits per heavy atom. The molecule has 2 aromatic carbocycles. The smallest absolute Gasteiger partial charge is 0.230 e. The van der Waals surface area contributed by atoms with E-state index in [0.29, 0.717) is 12.1 Å². The van der Waals surface area contributed by atoms with Gasteiger partial charge in [-0.2, -0.15) is 0 Å². The van der Waals surface area contributed by atoms with E-state index in [-0.39, 0.29) is 30.1 Å². The fourth-order valence-corrected chi connectivity index (χ4v) is 4.32. The molecule has 3 aromatic rings. The number of carbonyl (C=O) groups excluding carboxylic acids is 1. The number of imidazole rings is 1. The molecule has 0 spiro atoms. The van der Waals surface area contributed by atoms with E-state index < -0.39 is 0 Å². The average Bonchev–Trinajstić information content (AvgIpc) is 3.43. The van der Waals surface area contributed by atoms with Gasteiger partial charge in [0, 0.05) is 18.7 Å². The van der Waals surface area contributed by atoms with Gasteiger partial charge in [0.15, 0.2) is 5.16 Å². The molecular weight excluding hydrogens is 401 g/mol. The molecule has 30 heavy (non-hydrogen) atoms. The highest BCUT2D eigenvalue weighted by molar-refractivity contribution is 7.99. The largest absolute Gasteiger partial charge is 0.376 e. The zero-order chi connectivity index (χ0) is 20.8. The highest BCUT2D eigenvalue weighted by Crippen LogP contribution is 2.28. The summed E-state index contributed by atoms with van der Waals surface area (Å²) in [6.45, 7) is 1.68. The maximum atomic E-state index is 13.7. The first-order chi connectivity index (χ1) is 14.7. The number of nitrogens with one attached hydrogen (secondary N) is 1. The zero-order valence-corrected chi connectivity index (χ0v) is 17.4. The van der Waals surface area contributed by atoms with Gasteiger partial charge in [-0.1, -0.05) is 60.3 Å². The molecule has 5 nitrogen and oxygen atoms in total. The molecule has 1 amide bonds. The van der Waals surface area contributed by atoms with E-state index in [1.165, 1.54) is 17.8 Å². The summed E-state index contributed by atoms with van der Waals surface area (Å²) in [5.74, 6) is -0.258. The van der Waals surface area contributed by atoms with Gasteiger partial charge in [-0.3, -0.25) is 4.79 Å². The van der Waals surface area contributed by atoms with Gasteiger partial charge in [-0.15, -0.1) is 0 Å². The number of rotatable bonds is 8. The van der Waals surface area contributed by atoms with Crippen molar-refractivity contribution in [3.63, 3.8) is 0 Å². The minimum absolute atomic E-state index is 0.156. The molecule has 1 aliphatic heterocycles. The third-order valence-corrected chi connectivity index (χ3v) is 6.06. The number of hydrogen-bond donors (Lipinski definition) is 1. The van der Waals surface area contributed by atoms with Crippen LogP contribution in [0.1, 0.15) is 18.4 Å². The summed E-state index contributed by atoms with van der Waals surface area (Å²) in [4.78, 5) is 16.9. The summed E-state index contributed by atoms with van der Waals surface area (Å²) >= 11 is 1.38. The van der Waals surface area contributed by atoms with Crippen LogP contribution in [0.15, 0.2) is 66.0 Å². The first kappa shape index (κ1) is 20.6. The topological polar surface area (TPSA) is 56.2 Å². The monoisotopic (exact) mass is 425 g/mol. The van der Waals surface area contributed by atoms with E-state index >= 15 is 0 Å². The Bertz CT molecular complexity index is 987. The highest BCUT2D eigenvalue weighted by atomic mass is 32.2. The van der Waals surface area contributed by atoms with Gasteiger partial charge in [0.05, 0.1) is 30.3 Å². The number of thioether (sulfide) groups is 1. The Hall–Kier alpha value is -2.64. The van der Waals surface area contributed by atoms with Crippen LogP contribution in [0, 0.1) is 5.82 Å². The standard InChI is InChI=1S/C23H24FN3O2S/c24-20-11-5-4-9-18(20)13-25-22(28)16-30-23-26-14-21(17-7-2-1-3-8-17)27(23)15-19-10-6-12-29-19/h1-5,7-9,11,14,19H,6,10,12-13,15-16H2,(H,25,28). The SMILES string of the molecule is O=C(CSc1ncc(-c2ccccc2)n1CC1CCCO1)NCc1ccccc1F. The van der Waals surface area contributed by atoms with Gasteiger partial charge in [0.25, 0.3) is 0 Å². The van der Waals surface area contributed by atoms with Gasteiger partial charge < -0.3 is 14.6 Å². The number of amides is 1. The second kappa shape index (κ2) is 9.91. The van der Waals surface area contributed by atoms with Crippen LogP contribution in [-0.4, -0.2) is 33.9 Å². The van der Waals surface area contributed by atoms with Crippen LogP contribution in [-0.2, 0) is 22.6 Å². The van der Waals surface area contributed by atoms with Crippen LogP contribution in [0.5, 0.6) is 0 Å². The predicted octanol–water partition coefficient (Wildman–Crippen LogP) is 4.28. The Balaban J connectivity index is 1.43. The molecule has 1 saturated heterocycles. The average molecular weight is 426 g/mol. The van der Waals surface area contributed by atoms with E-state index in [9.17, 15) is 9.18 Å². The molecule has 0 saturated carbocycles. The molecule has 2 heterocycles. The quantitative estimate of drug-likeness (QED) is 0.548. The molecule has 1 unspecified atom stereocenters. The van der Waals surface area contributed by atoms with Gasteiger partial charge in [-0.05, 0) is 24.5 Å². The number of carbonyl (C=O) groups is 1. The van der Waals surface area contributed by atoms with E-state index in [1.54, 1.807) is 18.2 Å². The number of aromatic nitrogens is 2. The first-order valence-electron chi connectivity index (χ1n) is 10.1. The molecule has 0 aliphatic carbocycles. The molecule has 156 valence electrons. The van der Waals surface area contributed by atoms with Crippen LogP contribution >= 0.6 is 11.8 Å². The molecule has 4 rings (SSSR count). The third-order valence-electron chi connectivity index (χ3n) is 5.06. The van der Waals surface area contributed by atoms with Crippen molar-refractivity contribution in [3.8, 4) is 11.3 Å². The lowest BCUT2D eigenvalue weighted by Crippen LogP contribution is -2.25. The molecule has 7 heteroatoms. The third kappa shape index (κ3) is 5.09. The fourth-order valence-electron chi connectivity index (χ4n) is 3.50. The van der Waals surface area contributed by atoms with Crippen molar-refractivity contribution < 1.29 is 13.9 Å². The molecule has 1 N–H and O–H groups in total. The Kier molecular flexibility index (Phi) is 6.81. The van der Waals surface area contributed by atoms with Gasteiger partial charge in [-0.25, -0.2) is 9.37 Å². The second-order valence-electron chi connectivity index (χ2n) is 7.19. The summed E-state index contributed by atoms with van der Waals surface area (Å²) in [5, 5.41) is 3.56. The van der Waals surface area contributed by atoms with Gasteiger partial charge >= 0.3 is 0 Å². The zero-order valence-electron chi connectivity index (χ0n) is 16.6. The Morgan fingerprint density at radius 1 is 1.20 bits per heavy atom. The van der Waals surface area contributed by atoms with E-state index in [1.807, 2.05) is 24.4 Å². The van der Waals surface area contributed by atoms with Crippen molar-refractivity contribution in [2.45, 2.75) is 37.2 Å². The summed E-state index contributed by atoms with van der Waals surface area (Å²) in [6.07, 6.45) is 4.11. The van der Waals surface area contributed by atoms with Crippen molar-refractivity contribution in [1.29, 1.82) is 0 Å². The van der Waals surface area contributed by atoms with Crippen LogP contribution in [0.4, 0.5) is 4.39 Å². The molecule has 1 atom stereocenters. The summed E-state index contributed by atoms with van der Waals surface area (Å²) < 4.78 is 21.7. The van der Waals surface area contributed by atoms with E-state index in [0.717, 1.165) is 35.9 Å². The Morgan fingerprint density at radius 2 is 2.00 bits per heavy atom. The van der Waals surface area contributed by atoms with Crippen molar-refractivity contribution in [2.75, 3.05) is 12.4 Å². The molecule has 1 fully saturated rings. The molecular formula is C23H24FN3O2S. The number of nitrogens with zero attached hydrogens (tertiary/aromatic N) is 2. The fraction of sp³-hybridized carbons (Fsp3) is 0.304. The lowest BCUT2D eigenvalue weighted by molar-refractivity contribution is -0.118. The van der Waals surface area contributed by atoms with Crippen molar-refractivity contribution in [2.24, 2.45) is 0 Å². The van der Waals surface area contributed by atoms with Crippen LogP contribution in [0.25, 0.3) is 11.3 Å². The predicted molar refractivity (Wildman–Crippen MR) is 116 cm³/mol. The van der Waals surface area contributed by atoms with Crippen molar-refractivity contribution in [3.05, 3.63) is 72.2 Å². The number of hydrogen-bond acceptors (Lipinski definition) is 4. The van der Waals surface area contributed by atoms with Crippen LogP contribution in [0.2, 0.25) is 0 Å². The summed E-state index contributed by atoms with van der Waals surface area (Å²) in [5.41, 5.74) is 2.57. The number of halogens is 1. The molecule has 0 radical (unpaired) electrons.